The van der Waals surface area contributed by atoms with Gasteiger partial charge in [-0.1, -0.05) is 19.8 Å². The monoisotopic (exact) mass is 333 g/mol. The van der Waals surface area contributed by atoms with Gasteiger partial charge in [0.2, 0.25) is 5.91 Å². The van der Waals surface area contributed by atoms with Crippen molar-refractivity contribution in [1.82, 2.24) is 15.2 Å². The highest BCUT2D eigenvalue weighted by Crippen LogP contribution is 2.50. The van der Waals surface area contributed by atoms with Crippen LogP contribution in [0.15, 0.2) is 0 Å². The third-order valence-electron chi connectivity index (χ3n) is 6.38. The summed E-state index contributed by atoms with van der Waals surface area (Å²) in [5, 5.41) is 4.82. The van der Waals surface area contributed by atoms with Gasteiger partial charge in [-0.15, -0.1) is 11.3 Å². The van der Waals surface area contributed by atoms with Gasteiger partial charge in [0, 0.05) is 35.0 Å². The molecule has 1 aliphatic carbocycles. The molecule has 4 atom stereocenters. The van der Waals surface area contributed by atoms with E-state index in [2.05, 4.69) is 22.1 Å². The molecule has 1 N–H and O–H groups in total. The standard InChI is InChI=1S/C18H27N3OS/c1-11-14(23-12(2)20-11)8-17(22)21-13-9-18(3)15(19-10-13)6-4-5-7-16(18)21/h13,15-16,19H,4-10H2,1-3H3/t13-,15+,16-,18+/m0/s1. The van der Waals surface area contributed by atoms with Crippen molar-refractivity contribution in [3.63, 3.8) is 0 Å². The van der Waals surface area contributed by atoms with Gasteiger partial charge in [0.05, 0.1) is 17.1 Å². The summed E-state index contributed by atoms with van der Waals surface area (Å²) in [5.74, 6) is 0.319. The number of carbonyl (C=O) groups excluding carboxylic acids is 1. The highest BCUT2D eigenvalue weighted by molar-refractivity contribution is 7.11. The SMILES string of the molecule is Cc1nc(C)c(CC(=O)N2[C@@H]3CN[C@@H]4CCCC[C@H]2[C@]4(C)C3)s1. The molecule has 3 heterocycles. The summed E-state index contributed by atoms with van der Waals surface area (Å²) in [7, 11) is 0. The molecule has 5 heteroatoms. The van der Waals surface area contributed by atoms with Crippen LogP contribution in [-0.4, -0.2) is 40.5 Å². The van der Waals surface area contributed by atoms with Crippen LogP contribution in [0.4, 0.5) is 0 Å². The summed E-state index contributed by atoms with van der Waals surface area (Å²) >= 11 is 1.68. The number of fused-ring (bicyclic) bond motifs is 1. The predicted octanol–water partition coefficient (Wildman–Crippen LogP) is 2.82. The van der Waals surface area contributed by atoms with E-state index >= 15 is 0 Å². The van der Waals surface area contributed by atoms with Crippen molar-refractivity contribution in [3.05, 3.63) is 15.6 Å². The Labute approximate surface area is 142 Å². The van der Waals surface area contributed by atoms with Crippen molar-refractivity contribution in [1.29, 1.82) is 0 Å². The normalized spacial score (nSPS) is 36.1. The second kappa shape index (κ2) is 5.55. The minimum absolute atomic E-state index is 0.272. The highest BCUT2D eigenvalue weighted by atomic mass is 32.1. The van der Waals surface area contributed by atoms with Crippen LogP contribution in [-0.2, 0) is 11.2 Å². The molecule has 1 saturated carbocycles. The van der Waals surface area contributed by atoms with E-state index in [1.165, 1.54) is 32.1 Å². The number of thiazole rings is 1. The van der Waals surface area contributed by atoms with Gasteiger partial charge in [-0.2, -0.15) is 0 Å². The lowest BCUT2D eigenvalue weighted by atomic mass is 9.72. The summed E-state index contributed by atoms with van der Waals surface area (Å²) in [4.78, 5) is 21.1. The fraction of sp³-hybridized carbons (Fsp3) is 0.778. The highest BCUT2D eigenvalue weighted by Gasteiger charge is 2.57. The molecular formula is C18H27N3OS. The van der Waals surface area contributed by atoms with Crippen LogP contribution in [0, 0.1) is 19.3 Å². The molecule has 0 spiro atoms. The van der Waals surface area contributed by atoms with E-state index in [9.17, 15) is 4.79 Å². The Balaban J connectivity index is 1.60. The molecule has 2 aliphatic heterocycles. The van der Waals surface area contributed by atoms with Crippen LogP contribution in [0.3, 0.4) is 0 Å². The summed E-state index contributed by atoms with van der Waals surface area (Å²) in [6.45, 7) is 7.44. The molecule has 4 rings (SSSR count). The first-order valence-corrected chi connectivity index (χ1v) is 9.78. The molecule has 3 aliphatic rings. The van der Waals surface area contributed by atoms with Gasteiger partial charge < -0.3 is 10.2 Å². The number of nitrogens with zero attached hydrogens (tertiary/aromatic N) is 2. The molecule has 23 heavy (non-hydrogen) atoms. The van der Waals surface area contributed by atoms with E-state index in [1.54, 1.807) is 11.3 Å². The Morgan fingerprint density at radius 1 is 1.39 bits per heavy atom. The van der Waals surface area contributed by atoms with Gasteiger partial charge in [-0.05, 0) is 33.1 Å². The fourth-order valence-electron chi connectivity index (χ4n) is 5.30. The van der Waals surface area contributed by atoms with Crippen LogP contribution >= 0.6 is 11.3 Å². The number of hydrogen-bond acceptors (Lipinski definition) is 4. The zero-order valence-electron chi connectivity index (χ0n) is 14.4. The quantitative estimate of drug-likeness (QED) is 0.905. The first-order chi connectivity index (χ1) is 11.0. The molecule has 0 unspecified atom stereocenters. The van der Waals surface area contributed by atoms with Crippen LogP contribution < -0.4 is 5.32 Å². The minimum atomic E-state index is 0.272. The molecule has 0 radical (unpaired) electrons. The Morgan fingerprint density at radius 3 is 2.91 bits per heavy atom. The van der Waals surface area contributed by atoms with E-state index in [1.807, 2.05) is 13.8 Å². The van der Waals surface area contributed by atoms with Crippen LogP contribution in [0.1, 0.15) is 54.6 Å². The molecule has 1 amide bonds. The minimum Gasteiger partial charge on any atom is -0.335 e. The number of aromatic nitrogens is 1. The second-order valence-electron chi connectivity index (χ2n) is 7.84. The lowest BCUT2D eigenvalue weighted by Crippen LogP contribution is -2.51. The number of aryl methyl sites for hydroxylation is 2. The summed E-state index contributed by atoms with van der Waals surface area (Å²) in [6.07, 6.45) is 6.72. The zero-order valence-corrected chi connectivity index (χ0v) is 15.2. The van der Waals surface area contributed by atoms with Gasteiger partial charge in [0.25, 0.3) is 0 Å². The fourth-order valence-corrected chi connectivity index (χ4v) is 6.23. The Kier molecular flexibility index (Phi) is 3.76. The van der Waals surface area contributed by atoms with Crippen molar-refractivity contribution >= 4 is 17.2 Å². The lowest BCUT2D eigenvalue weighted by molar-refractivity contribution is -0.133. The van der Waals surface area contributed by atoms with E-state index in [0.717, 1.165) is 22.1 Å². The Morgan fingerprint density at radius 2 is 2.17 bits per heavy atom. The van der Waals surface area contributed by atoms with Crippen molar-refractivity contribution < 1.29 is 4.79 Å². The van der Waals surface area contributed by atoms with E-state index < -0.39 is 0 Å². The molecule has 126 valence electrons. The molecule has 3 fully saturated rings. The maximum atomic E-state index is 13.2. The number of hydrogen-bond donors (Lipinski definition) is 1. The third kappa shape index (κ3) is 2.43. The first-order valence-electron chi connectivity index (χ1n) is 8.96. The smallest absolute Gasteiger partial charge is 0.228 e. The van der Waals surface area contributed by atoms with Crippen molar-refractivity contribution in [3.8, 4) is 0 Å². The van der Waals surface area contributed by atoms with Gasteiger partial charge in [0.15, 0.2) is 0 Å². The average Bonchev–Trinajstić information content (AvgIpc) is 2.85. The molecule has 1 aromatic rings. The number of piperidine rings is 1. The van der Waals surface area contributed by atoms with E-state index in [4.69, 9.17) is 0 Å². The number of amides is 1. The second-order valence-corrected chi connectivity index (χ2v) is 9.13. The van der Waals surface area contributed by atoms with E-state index in [0.29, 0.717) is 30.5 Å². The Bertz CT molecular complexity index is 628. The molecule has 4 nitrogen and oxygen atoms in total. The summed E-state index contributed by atoms with van der Waals surface area (Å²) < 4.78 is 0. The van der Waals surface area contributed by atoms with E-state index in [-0.39, 0.29) is 5.41 Å². The Hall–Kier alpha value is -0.940. The summed E-state index contributed by atoms with van der Waals surface area (Å²) in [5.41, 5.74) is 1.30. The van der Waals surface area contributed by atoms with Crippen molar-refractivity contribution in [2.45, 2.75) is 77.4 Å². The lowest BCUT2D eigenvalue weighted by Gasteiger charge is -2.39. The largest absolute Gasteiger partial charge is 0.335 e. The molecular weight excluding hydrogens is 306 g/mol. The zero-order chi connectivity index (χ0) is 16.2. The average molecular weight is 334 g/mol. The molecule has 1 aromatic heterocycles. The molecule has 0 aromatic carbocycles. The van der Waals surface area contributed by atoms with Crippen LogP contribution in [0.5, 0.6) is 0 Å². The summed E-state index contributed by atoms with van der Waals surface area (Å²) in [6, 6.07) is 1.41. The maximum absolute atomic E-state index is 13.2. The number of nitrogens with one attached hydrogen (secondary N) is 1. The maximum Gasteiger partial charge on any atom is 0.228 e. The topological polar surface area (TPSA) is 45.2 Å². The van der Waals surface area contributed by atoms with Gasteiger partial charge in [-0.25, -0.2) is 4.98 Å². The number of rotatable bonds is 2. The van der Waals surface area contributed by atoms with Gasteiger partial charge in [-0.3, -0.25) is 4.79 Å². The molecule has 2 bridgehead atoms. The van der Waals surface area contributed by atoms with Gasteiger partial charge >= 0.3 is 0 Å². The predicted molar refractivity (Wildman–Crippen MR) is 92.7 cm³/mol. The van der Waals surface area contributed by atoms with Crippen molar-refractivity contribution in [2.24, 2.45) is 5.41 Å². The molecule has 2 saturated heterocycles. The van der Waals surface area contributed by atoms with Crippen LogP contribution in [0.2, 0.25) is 0 Å². The first kappa shape index (κ1) is 15.6. The van der Waals surface area contributed by atoms with Gasteiger partial charge in [0.1, 0.15) is 0 Å². The third-order valence-corrected chi connectivity index (χ3v) is 7.45. The van der Waals surface area contributed by atoms with Crippen molar-refractivity contribution in [2.75, 3.05) is 6.54 Å². The number of carbonyl (C=O) groups is 1. The number of likely N-dealkylation sites (tertiary alicyclic amines) is 1. The van der Waals surface area contributed by atoms with Crippen LogP contribution in [0.25, 0.3) is 0 Å².